The average molecular weight is 349 g/mol. The number of nitrogens with zero attached hydrogens (tertiary/aromatic N) is 5. The van der Waals surface area contributed by atoms with E-state index in [9.17, 15) is 9.59 Å². The molecule has 1 amide bonds. The summed E-state index contributed by atoms with van der Waals surface area (Å²) < 4.78 is 2.94. The number of benzene rings is 1. The largest absolute Gasteiger partial charge is 0.346 e. The molecule has 1 aliphatic rings. The molecule has 1 aliphatic carbocycles. The third-order valence-electron chi connectivity index (χ3n) is 4.50. The maximum atomic E-state index is 12.8. The van der Waals surface area contributed by atoms with Gasteiger partial charge < -0.3 is 4.90 Å². The maximum Gasteiger partial charge on any atom is 0.346 e. The SMILES string of the molecule is CN(C(=O)Cn1nc(-c2cccnc2)n(C2CC2)c1=O)c1ccccc1. The van der Waals surface area contributed by atoms with Crippen LogP contribution in [0.2, 0.25) is 0 Å². The molecular formula is C19H19N5O2. The minimum absolute atomic E-state index is 0.1000. The van der Waals surface area contributed by atoms with Crippen LogP contribution in [0.3, 0.4) is 0 Å². The number of para-hydroxylation sites is 1. The first kappa shape index (κ1) is 16.3. The van der Waals surface area contributed by atoms with Gasteiger partial charge in [-0.05, 0) is 37.1 Å². The Kier molecular flexibility index (Phi) is 4.12. The second-order valence-corrected chi connectivity index (χ2v) is 6.40. The molecule has 7 heteroatoms. The predicted octanol–water partition coefficient (Wildman–Crippen LogP) is 2.10. The van der Waals surface area contributed by atoms with Gasteiger partial charge in [0.05, 0.1) is 0 Å². The van der Waals surface area contributed by atoms with Crippen molar-refractivity contribution in [1.82, 2.24) is 19.3 Å². The molecule has 26 heavy (non-hydrogen) atoms. The van der Waals surface area contributed by atoms with Gasteiger partial charge in [-0.2, -0.15) is 0 Å². The van der Waals surface area contributed by atoms with Crippen molar-refractivity contribution in [2.24, 2.45) is 0 Å². The zero-order valence-corrected chi connectivity index (χ0v) is 14.4. The van der Waals surface area contributed by atoms with Crippen LogP contribution >= 0.6 is 0 Å². The summed E-state index contributed by atoms with van der Waals surface area (Å²) in [5, 5.41) is 4.44. The molecule has 0 spiro atoms. The molecular weight excluding hydrogens is 330 g/mol. The molecule has 0 aliphatic heterocycles. The summed E-state index contributed by atoms with van der Waals surface area (Å²) in [6, 6.07) is 13.2. The second-order valence-electron chi connectivity index (χ2n) is 6.40. The first-order valence-corrected chi connectivity index (χ1v) is 8.56. The van der Waals surface area contributed by atoms with Crippen LogP contribution in [0.25, 0.3) is 11.4 Å². The minimum atomic E-state index is -0.249. The summed E-state index contributed by atoms with van der Waals surface area (Å²) in [4.78, 5) is 31.1. The summed E-state index contributed by atoms with van der Waals surface area (Å²) in [5.41, 5.74) is 1.31. The van der Waals surface area contributed by atoms with Crippen molar-refractivity contribution < 1.29 is 4.79 Å². The van der Waals surface area contributed by atoms with Gasteiger partial charge in [0.2, 0.25) is 5.91 Å². The van der Waals surface area contributed by atoms with Gasteiger partial charge in [0.15, 0.2) is 5.82 Å². The van der Waals surface area contributed by atoms with Crippen LogP contribution in [0.15, 0.2) is 59.7 Å². The molecule has 2 aromatic heterocycles. The monoisotopic (exact) mass is 349 g/mol. The van der Waals surface area contributed by atoms with Crippen LogP contribution in [0, 0.1) is 0 Å². The van der Waals surface area contributed by atoms with Crippen molar-refractivity contribution >= 4 is 11.6 Å². The molecule has 3 aromatic rings. The summed E-state index contributed by atoms with van der Waals surface area (Å²) in [6.45, 7) is -0.1000. The van der Waals surface area contributed by atoms with E-state index in [1.54, 1.807) is 24.0 Å². The van der Waals surface area contributed by atoms with Crippen LogP contribution < -0.4 is 10.6 Å². The number of hydrogen-bond acceptors (Lipinski definition) is 4. The Hall–Kier alpha value is -3.22. The highest BCUT2D eigenvalue weighted by atomic mass is 16.2. The number of likely N-dealkylation sites (N-methyl/N-ethyl adjacent to an activating group) is 1. The average Bonchev–Trinajstić information content (AvgIpc) is 3.47. The second kappa shape index (κ2) is 6.59. The Morgan fingerprint density at radius 1 is 1.19 bits per heavy atom. The number of amides is 1. The summed E-state index contributed by atoms with van der Waals surface area (Å²) >= 11 is 0. The van der Waals surface area contributed by atoms with Gasteiger partial charge in [-0.15, -0.1) is 5.10 Å². The normalized spacial score (nSPS) is 13.6. The van der Waals surface area contributed by atoms with Crippen LogP contribution in [0.5, 0.6) is 0 Å². The van der Waals surface area contributed by atoms with E-state index in [2.05, 4.69) is 10.1 Å². The topological polar surface area (TPSA) is 73.0 Å². The predicted molar refractivity (Wildman–Crippen MR) is 97.8 cm³/mol. The summed E-state index contributed by atoms with van der Waals surface area (Å²) in [7, 11) is 1.70. The van der Waals surface area contributed by atoms with Gasteiger partial charge in [-0.3, -0.25) is 14.3 Å². The lowest BCUT2D eigenvalue weighted by molar-refractivity contribution is -0.119. The summed E-state index contributed by atoms with van der Waals surface area (Å²) in [6.07, 6.45) is 5.27. The van der Waals surface area contributed by atoms with Gasteiger partial charge in [-0.1, -0.05) is 18.2 Å². The van der Waals surface area contributed by atoms with E-state index in [-0.39, 0.29) is 24.2 Å². The van der Waals surface area contributed by atoms with E-state index in [0.717, 1.165) is 24.1 Å². The van der Waals surface area contributed by atoms with Gasteiger partial charge in [0, 0.05) is 36.7 Å². The fourth-order valence-corrected chi connectivity index (χ4v) is 2.91. The molecule has 2 heterocycles. The van der Waals surface area contributed by atoms with Crippen molar-refractivity contribution in [3.8, 4) is 11.4 Å². The first-order valence-electron chi connectivity index (χ1n) is 8.56. The quantitative estimate of drug-likeness (QED) is 0.707. The Labute approximate surface area is 150 Å². The van der Waals surface area contributed by atoms with Crippen LogP contribution in [-0.2, 0) is 11.3 Å². The number of carbonyl (C=O) groups excluding carboxylic acids is 1. The van der Waals surface area contributed by atoms with Gasteiger partial charge in [0.1, 0.15) is 6.54 Å². The fourth-order valence-electron chi connectivity index (χ4n) is 2.91. The highest BCUT2D eigenvalue weighted by Gasteiger charge is 2.31. The Bertz CT molecular complexity index is 974. The third-order valence-corrected chi connectivity index (χ3v) is 4.50. The zero-order chi connectivity index (χ0) is 18.1. The van der Waals surface area contributed by atoms with Gasteiger partial charge in [-0.25, -0.2) is 9.48 Å². The number of anilines is 1. The van der Waals surface area contributed by atoms with Crippen molar-refractivity contribution in [2.45, 2.75) is 25.4 Å². The van der Waals surface area contributed by atoms with E-state index in [1.807, 2.05) is 42.5 Å². The molecule has 0 N–H and O–H groups in total. The molecule has 1 saturated carbocycles. The van der Waals surface area contributed by atoms with E-state index in [0.29, 0.717) is 5.82 Å². The molecule has 0 unspecified atom stereocenters. The van der Waals surface area contributed by atoms with E-state index in [4.69, 9.17) is 0 Å². The van der Waals surface area contributed by atoms with Crippen molar-refractivity contribution in [3.05, 3.63) is 65.3 Å². The Morgan fingerprint density at radius 2 is 1.96 bits per heavy atom. The van der Waals surface area contributed by atoms with Crippen LogP contribution in [0.1, 0.15) is 18.9 Å². The Balaban J connectivity index is 1.65. The fraction of sp³-hybridized carbons (Fsp3) is 0.263. The molecule has 1 fully saturated rings. The number of carbonyl (C=O) groups is 1. The molecule has 132 valence electrons. The summed E-state index contributed by atoms with van der Waals surface area (Å²) in [5.74, 6) is 0.372. The molecule has 0 atom stereocenters. The number of rotatable bonds is 5. The number of pyridine rings is 1. The minimum Gasteiger partial charge on any atom is -0.314 e. The molecule has 0 radical (unpaired) electrons. The third kappa shape index (κ3) is 3.03. The first-order chi connectivity index (χ1) is 12.6. The smallest absolute Gasteiger partial charge is 0.314 e. The van der Waals surface area contributed by atoms with Gasteiger partial charge >= 0.3 is 5.69 Å². The molecule has 1 aromatic carbocycles. The van der Waals surface area contributed by atoms with Gasteiger partial charge in [0.25, 0.3) is 0 Å². The van der Waals surface area contributed by atoms with Crippen LogP contribution in [-0.4, -0.2) is 32.3 Å². The highest BCUT2D eigenvalue weighted by molar-refractivity contribution is 5.92. The maximum absolute atomic E-state index is 12.8. The van der Waals surface area contributed by atoms with Crippen molar-refractivity contribution in [1.29, 1.82) is 0 Å². The van der Waals surface area contributed by atoms with Crippen molar-refractivity contribution in [2.75, 3.05) is 11.9 Å². The van der Waals surface area contributed by atoms with Crippen LogP contribution in [0.4, 0.5) is 5.69 Å². The number of aromatic nitrogens is 4. The molecule has 7 nitrogen and oxygen atoms in total. The van der Waals surface area contributed by atoms with E-state index < -0.39 is 0 Å². The van der Waals surface area contributed by atoms with Crippen molar-refractivity contribution in [3.63, 3.8) is 0 Å². The highest BCUT2D eigenvalue weighted by Crippen LogP contribution is 2.36. The zero-order valence-electron chi connectivity index (χ0n) is 14.4. The molecule has 4 rings (SSSR count). The lowest BCUT2D eigenvalue weighted by Gasteiger charge is -2.16. The molecule has 0 saturated heterocycles. The standard InChI is InChI=1S/C19H19N5O2/c1-22(15-7-3-2-4-8-15)17(25)13-23-19(26)24(16-9-10-16)18(21-23)14-6-5-11-20-12-14/h2-8,11-12,16H,9-10,13H2,1H3. The lowest BCUT2D eigenvalue weighted by Crippen LogP contribution is -2.35. The number of hydrogen-bond donors (Lipinski definition) is 0. The van der Waals surface area contributed by atoms with E-state index >= 15 is 0 Å². The Morgan fingerprint density at radius 3 is 2.62 bits per heavy atom. The molecule has 0 bridgehead atoms. The lowest BCUT2D eigenvalue weighted by atomic mass is 10.3. The van der Waals surface area contributed by atoms with E-state index in [1.165, 1.54) is 9.58 Å².